The molecule has 0 saturated heterocycles. The summed E-state index contributed by atoms with van der Waals surface area (Å²) < 4.78 is 0. The van der Waals surface area contributed by atoms with Crippen molar-refractivity contribution in [3.8, 4) is 0 Å². The van der Waals surface area contributed by atoms with Gasteiger partial charge in [0.2, 0.25) is 5.91 Å². The molecule has 2 rings (SSSR count). The van der Waals surface area contributed by atoms with E-state index in [-0.39, 0.29) is 5.91 Å². The van der Waals surface area contributed by atoms with Gasteiger partial charge in [-0.05, 0) is 30.0 Å². The Morgan fingerprint density at radius 1 is 1.37 bits per heavy atom. The molecule has 1 aromatic carbocycles. The predicted molar refractivity (Wildman–Crippen MR) is 78.4 cm³/mol. The summed E-state index contributed by atoms with van der Waals surface area (Å²) in [7, 11) is 2.16. The van der Waals surface area contributed by atoms with Crippen LogP contribution in [-0.4, -0.2) is 32.6 Å². The maximum Gasteiger partial charge on any atom is 0.216 e. The molecule has 0 atom stereocenters. The minimum Gasteiger partial charge on any atom is -0.374 e. The first-order valence-corrected chi connectivity index (χ1v) is 6.95. The van der Waals surface area contributed by atoms with Gasteiger partial charge in [0.25, 0.3) is 0 Å². The number of nitrogens with zero attached hydrogens (tertiary/aromatic N) is 1. The second kappa shape index (κ2) is 6.57. The molecule has 1 aromatic rings. The van der Waals surface area contributed by atoms with Gasteiger partial charge in [0.05, 0.1) is 0 Å². The van der Waals surface area contributed by atoms with Gasteiger partial charge in [0.15, 0.2) is 0 Å². The first-order chi connectivity index (χ1) is 9.16. The summed E-state index contributed by atoms with van der Waals surface area (Å²) >= 11 is 0. The zero-order chi connectivity index (χ0) is 13.7. The van der Waals surface area contributed by atoms with Crippen LogP contribution in [-0.2, 0) is 17.8 Å². The van der Waals surface area contributed by atoms with Crippen LogP contribution in [0.5, 0.6) is 0 Å². The molecule has 0 aliphatic carbocycles. The van der Waals surface area contributed by atoms with E-state index in [1.54, 1.807) is 6.92 Å². The molecule has 19 heavy (non-hydrogen) atoms. The second-order valence-electron chi connectivity index (χ2n) is 5.15. The third-order valence-electron chi connectivity index (χ3n) is 3.50. The Balaban J connectivity index is 1.83. The van der Waals surface area contributed by atoms with Crippen LogP contribution in [0, 0.1) is 0 Å². The molecule has 0 radical (unpaired) electrons. The summed E-state index contributed by atoms with van der Waals surface area (Å²) in [5, 5.41) is 6.13. The SMILES string of the molecule is CC(=O)NCCNCc1ccc2c(c1)CCCN2C. The Morgan fingerprint density at radius 2 is 2.21 bits per heavy atom. The first-order valence-electron chi connectivity index (χ1n) is 6.95. The van der Waals surface area contributed by atoms with E-state index in [1.807, 2.05) is 0 Å². The van der Waals surface area contributed by atoms with Crippen molar-refractivity contribution >= 4 is 11.6 Å². The van der Waals surface area contributed by atoms with E-state index in [9.17, 15) is 4.79 Å². The van der Waals surface area contributed by atoms with Crippen molar-refractivity contribution < 1.29 is 4.79 Å². The number of carbonyl (C=O) groups excluding carboxylic acids is 1. The van der Waals surface area contributed by atoms with Gasteiger partial charge in [-0.25, -0.2) is 0 Å². The molecular weight excluding hydrogens is 238 g/mol. The lowest BCUT2D eigenvalue weighted by Crippen LogP contribution is -2.30. The van der Waals surface area contributed by atoms with Crippen molar-refractivity contribution in [2.24, 2.45) is 0 Å². The molecule has 2 N–H and O–H groups in total. The van der Waals surface area contributed by atoms with E-state index in [0.717, 1.165) is 19.6 Å². The van der Waals surface area contributed by atoms with Gasteiger partial charge in [-0.3, -0.25) is 4.79 Å². The highest BCUT2D eigenvalue weighted by molar-refractivity contribution is 5.72. The molecule has 1 amide bonds. The fraction of sp³-hybridized carbons (Fsp3) is 0.533. The number of benzene rings is 1. The minimum absolute atomic E-state index is 0.0265. The normalized spacial score (nSPS) is 14.1. The molecule has 1 heterocycles. The largest absolute Gasteiger partial charge is 0.374 e. The monoisotopic (exact) mass is 261 g/mol. The van der Waals surface area contributed by atoms with Gasteiger partial charge < -0.3 is 15.5 Å². The number of anilines is 1. The van der Waals surface area contributed by atoms with Gasteiger partial charge in [-0.1, -0.05) is 12.1 Å². The lowest BCUT2D eigenvalue weighted by Gasteiger charge is -2.27. The van der Waals surface area contributed by atoms with Crippen LogP contribution in [0.15, 0.2) is 18.2 Å². The fourth-order valence-corrected chi connectivity index (χ4v) is 2.51. The molecule has 1 aliphatic heterocycles. The van der Waals surface area contributed by atoms with E-state index in [2.05, 4.69) is 40.8 Å². The topological polar surface area (TPSA) is 44.4 Å². The number of nitrogens with one attached hydrogen (secondary N) is 2. The predicted octanol–water partition coefficient (Wildman–Crippen LogP) is 1.29. The Hall–Kier alpha value is -1.55. The number of carbonyl (C=O) groups is 1. The van der Waals surface area contributed by atoms with Crippen LogP contribution in [0.25, 0.3) is 0 Å². The maximum atomic E-state index is 10.7. The summed E-state index contributed by atoms with van der Waals surface area (Å²) in [5.41, 5.74) is 4.14. The van der Waals surface area contributed by atoms with E-state index >= 15 is 0 Å². The van der Waals surface area contributed by atoms with Crippen molar-refractivity contribution in [3.05, 3.63) is 29.3 Å². The Labute approximate surface area is 115 Å². The number of hydrogen-bond acceptors (Lipinski definition) is 3. The number of fused-ring (bicyclic) bond motifs is 1. The van der Waals surface area contributed by atoms with E-state index < -0.39 is 0 Å². The minimum atomic E-state index is 0.0265. The highest BCUT2D eigenvalue weighted by Crippen LogP contribution is 2.26. The van der Waals surface area contributed by atoms with Gasteiger partial charge in [0, 0.05) is 45.8 Å². The van der Waals surface area contributed by atoms with E-state index in [1.165, 1.54) is 29.7 Å². The Kier molecular flexibility index (Phi) is 4.80. The molecule has 0 aromatic heterocycles. The van der Waals surface area contributed by atoms with Gasteiger partial charge in [0.1, 0.15) is 0 Å². The molecule has 104 valence electrons. The molecule has 0 bridgehead atoms. The molecule has 4 heteroatoms. The molecule has 0 saturated carbocycles. The number of hydrogen-bond donors (Lipinski definition) is 2. The highest BCUT2D eigenvalue weighted by Gasteiger charge is 2.13. The molecule has 4 nitrogen and oxygen atoms in total. The summed E-state index contributed by atoms with van der Waals surface area (Å²) in [6.45, 7) is 5.04. The van der Waals surface area contributed by atoms with Crippen LogP contribution in [0.4, 0.5) is 5.69 Å². The van der Waals surface area contributed by atoms with Crippen molar-refractivity contribution in [3.63, 3.8) is 0 Å². The van der Waals surface area contributed by atoms with Gasteiger partial charge in [-0.2, -0.15) is 0 Å². The summed E-state index contributed by atoms with van der Waals surface area (Å²) in [6.07, 6.45) is 2.42. The smallest absolute Gasteiger partial charge is 0.216 e. The van der Waals surface area contributed by atoms with E-state index in [4.69, 9.17) is 0 Å². The van der Waals surface area contributed by atoms with Gasteiger partial charge >= 0.3 is 0 Å². The van der Waals surface area contributed by atoms with Crippen molar-refractivity contribution in [2.45, 2.75) is 26.3 Å². The van der Waals surface area contributed by atoms with Crippen LogP contribution in [0.1, 0.15) is 24.5 Å². The molecule has 0 fully saturated rings. The zero-order valence-electron chi connectivity index (χ0n) is 11.8. The Morgan fingerprint density at radius 3 is 3.00 bits per heavy atom. The average molecular weight is 261 g/mol. The molecular formula is C15H23N3O. The van der Waals surface area contributed by atoms with Crippen LogP contribution in [0.3, 0.4) is 0 Å². The quantitative estimate of drug-likeness (QED) is 0.785. The van der Waals surface area contributed by atoms with Gasteiger partial charge in [-0.15, -0.1) is 0 Å². The standard InChI is InChI=1S/C15H23N3O/c1-12(19)17-8-7-16-11-13-5-6-15-14(10-13)4-3-9-18(15)2/h5-6,10,16H,3-4,7-9,11H2,1-2H3,(H,17,19). The van der Waals surface area contributed by atoms with Crippen LogP contribution < -0.4 is 15.5 Å². The highest BCUT2D eigenvalue weighted by atomic mass is 16.1. The van der Waals surface area contributed by atoms with Crippen LogP contribution >= 0.6 is 0 Å². The van der Waals surface area contributed by atoms with Crippen LogP contribution in [0.2, 0.25) is 0 Å². The third kappa shape index (κ3) is 3.96. The lowest BCUT2D eigenvalue weighted by atomic mass is 9.99. The second-order valence-corrected chi connectivity index (χ2v) is 5.15. The summed E-state index contributed by atoms with van der Waals surface area (Å²) in [5.74, 6) is 0.0265. The number of rotatable bonds is 5. The van der Waals surface area contributed by atoms with E-state index in [0.29, 0.717) is 6.54 Å². The molecule has 0 unspecified atom stereocenters. The fourth-order valence-electron chi connectivity index (χ4n) is 2.51. The number of aryl methyl sites for hydroxylation is 1. The number of amides is 1. The summed E-state index contributed by atoms with van der Waals surface area (Å²) in [4.78, 5) is 13.1. The Bertz CT molecular complexity index is 445. The van der Waals surface area contributed by atoms with Crippen molar-refractivity contribution in [1.29, 1.82) is 0 Å². The molecule has 0 spiro atoms. The van der Waals surface area contributed by atoms with Crippen molar-refractivity contribution in [1.82, 2.24) is 10.6 Å². The van der Waals surface area contributed by atoms with Crippen molar-refractivity contribution in [2.75, 3.05) is 31.6 Å². The molecule has 1 aliphatic rings. The maximum absolute atomic E-state index is 10.7. The first kappa shape index (κ1) is 13.9. The average Bonchev–Trinajstić information content (AvgIpc) is 2.38. The lowest BCUT2D eigenvalue weighted by molar-refractivity contribution is -0.118. The summed E-state index contributed by atoms with van der Waals surface area (Å²) in [6, 6.07) is 6.71. The zero-order valence-corrected chi connectivity index (χ0v) is 11.8. The third-order valence-corrected chi connectivity index (χ3v) is 3.50.